The highest BCUT2D eigenvalue weighted by Gasteiger charge is 2.17. The van der Waals surface area contributed by atoms with Crippen LogP contribution in [0.4, 0.5) is 11.5 Å². The maximum absolute atomic E-state index is 12.5. The van der Waals surface area contributed by atoms with Gasteiger partial charge in [0.05, 0.1) is 11.5 Å². The fraction of sp³-hybridized carbons (Fsp3) is 0.130. The van der Waals surface area contributed by atoms with Gasteiger partial charge in [0.1, 0.15) is 12.4 Å². The van der Waals surface area contributed by atoms with Crippen LogP contribution in [-0.2, 0) is 13.2 Å². The Balaban J connectivity index is 1.38. The summed E-state index contributed by atoms with van der Waals surface area (Å²) in [6.45, 7) is 2.45. The minimum atomic E-state index is -0.519. The molecule has 0 atom stereocenters. The smallest absolute Gasteiger partial charge is 0.310 e. The van der Waals surface area contributed by atoms with Gasteiger partial charge in [-0.05, 0) is 30.7 Å². The standard InChI is InChI=1S/C23H20N4O5/c1-16-13-22(25-26(16)14-17-7-3-2-4-8-17)24-23(28)21-12-11-18(32-21)15-31-20-10-6-5-9-19(20)27(29)30/h2-13H,14-15H2,1H3,(H,24,25,28). The van der Waals surface area contributed by atoms with Crippen LogP contribution in [0.5, 0.6) is 5.75 Å². The van der Waals surface area contributed by atoms with Crippen molar-refractivity contribution in [2.45, 2.75) is 20.1 Å². The van der Waals surface area contributed by atoms with Crippen LogP contribution in [0, 0.1) is 17.0 Å². The third kappa shape index (κ3) is 4.84. The van der Waals surface area contributed by atoms with Gasteiger partial charge in [-0.25, -0.2) is 0 Å². The van der Waals surface area contributed by atoms with E-state index in [0.717, 1.165) is 11.3 Å². The average molecular weight is 432 g/mol. The molecule has 2 aromatic heterocycles. The Hall–Kier alpha value is -4.40. The van der Waals surface area contributed by atoms with E-state index in [4.69, 9.17) is 9.15 Å². The number of nitrogens with zero attached hydrogens (tertiary/aromatic N) is 3. The molecular formula is C23H20N4O5. The Morgan fingerprint density at radius 1 is 1.12 bits per heavy atom. The van der Waals surface area contributed by atoms with Crippen LogP contribution in [0.2, 0.25) is 0 Å². The van der Waals surface area contributed by atoms with E-state index in [1.54, 1.807) is 28.9 Å². The molecule has 0 spiro atoms. The fourth-order valence-electron chi connectivity index (χ4n) is 3.12. The number of nitrogens with one attached hydrogen (secondary N) is 1. The van der Waals surface area contributed by atoms with Gasteiger partial charge in [-0.2, -0.15) is 5.10 Å². The van der Waals surface area contributed by atoms with E-state index in [0.29, 0.717) is 18.1 Å². The van der Waals surface area contributed by atoms with Crippen LogP contribution in [0.1, 0.15) is 27.6 Å². The van der Waals surface area contributed by atoms with Crippen LogP contribution < -0.4 is 10.1 Å². The van der Waals surface area contributed by atoms with E-state index in [9.17, 15) is 14.9 Å². The molecule has 2 heterocycles. The Labute approximate surface area is 183 Å². The number of hydrogen-bond donors (Lipinski definition) is 1. The number of rotatable bonds is 8. The second-order valence-electron chi connectivity index (χ2n) is 7.05. The van der Waals surface area contributed by atoms with Gasteiger partial charge in [0.25, 0.3) is 5.91 Å². The van der Waals surface area contributed by atoms with Gasteiger partial charge < -0.3 is 14.5 Å². The molecular weight excluding hydrogens is 412 g/mol. The lowest BCUT2D eigenvalue weighted by Gasteiger charge is -2.05. The molecule has 2 aromatic carbocycles. The molecule has 0 aliphatic carbocycles. The zero-order valence-corrected chi connectivity index (χ0v) is 17.2. The first-order valence-electron chi connectivity index (χ1n) is 9.84. The lowest BCUT2D eigenvalue weighted by Crippen LogP contribution is -2.12. The first-order valence-corrected chi connectivity index (χ1v) is 9.84. The monoisotopic (exact) mass is 432 g/mol. The molecule has 0 bridgehead atoms. The molecule has 32 heavy (non-hydrogen) atoms. The number of aromatic nitrogens is 2. The molecule has 9 nitrogen and oxygen atoms in total. The van der Waals surface area contributed by atoms with E-state index < -0.39 is 10.8 Å². The first-order chi connectivity index (χ1) is 15.5. The number of nitro benzene ring substituents is 1. The number of ether oxygens (including phenoxy) is 1. The predicted octanol–water partition coefficient (Wildman–Crippen LogP) is 4.57. The zero-order valence-electron chi connectivity index (χ0n) is 17.2. The summed E-state index contributed by atoms with van der Waals surface area (Å²) in [5.74, 6) is 0.531. The van der Waals surface area contributed by atoms with Crippen molar-refractivity contribution in [1.29, 1.82) is 0 Å². The van der Waals surface area contributed by atoms with Crippen molar-refractivity contribution < 1.29 is 18.9 Å². The second-order valence-corrected chi connectivity index (χ2v) is 7.05. The van der Waals surface area contributed by atoms with Crippen molar-refractivity contribution in [2.24, 2.45) is 0 Å². The summed E-state index contributed by atoms with van der Waals surface area (Å²) >= 11 is 0. The van der Waals surface area contributed by atoms with Crippen LogP contribution in [0.15, 0.2) is 77.2 Å². The summed E-state index contributed by atoms with van der Waals surface area (Å²) in [5, 5.41) is 18.2. The Bertz CT molecular complexity index is 1250. The number of carbonyl (C=O) groups is 1. The summed E-state index contributed by atoms with van der Waals surface area (Å²) in [7, 11) is 0. The fourth-order valence-corrected chi connectivity index (χ4v) is 3.12. The van der Waals surface area contributed by atoms with E-state index >= 15 is 0 Å². The summed E-state index contributed by atoms with van der Waals surface area (Å²) < 4.78 is 12.8. The molecule has 0 saturated heterocycles. The first kappa shape index (κ1) is 20.9. The minimum absolute atomic E-state index is 0.0526. The molecule has 0 aliphatic heterocycles. The number of nitro groups is 1. The number of para-hydroxylation sites is 2. The van der Waals surface area contributed by atoms with Gasteiger partial charge in [0, 0.05) is 17.8 Å². The molecule has 1 amide bonds. The molecule has 0 saturated carbocycles. The van der Waals surface area contributed by atoms with E-state index in [1.807, 2.05) is 37.3 Å². The van der Waals surface area contributed by atoms with E-state index in [2.05, 4.69) is 10.4 Å². The van der Waals surface area contributed by atoms with Gasteiger partial charge in [-0.15, -0.1) is 0 Å². The summed E-state index contributed by atoms with van der Waals surface area (Å²) in [6.07, 6.45) is 0. The van der Waals surface area contributed by atoms with Gasteiger partial charge in [-0.1, -0.05) is 42.5 Å². The normalized spacial score (nSPS) is 10.7. The lowest BCUT2D eigenvalue weighted by molar-refractivity contribution is -0.386. The van der Waals surface area contributed by atoms with Gasteiger partial charge in [-0.3, -0.25) is 19.6 Å². The molecule has 0 aliphatic rings. The van der Waals surface area contributed by atoms with Gasteiger partial charge in [0.15, 0.2) is 17.3 Å². The van der Waals surface area contributed by atoms with Crippen molar-refractivity contribution in [1.82, 2.24) is 9.78 Å². The number of amides is 1. The summed E-state index contributed by atoms with van der Waals surface area (Å²) in [4.78, 5) is 23.1. The number of hydrogen-bond acceptors (Lipinski definition) is 6. The van der Waals surface area contributed by atoms with Crippen molar-refractivity contribution in [3.05, 3.63) is 106 Å². The maximum Gasteiger partial charge on any atom is 0.310 e. The topological polar surface area (TPSA) is 112 Å². The molecule has 4 aromatic rings. The second kappa shape index (κ2) is 9.17. The van der Waals surface area contributed by atoms with Crippen LogP contribution in [0.25, 0.3) is 0 Å². The number of furan rings is 1. The quantitative estimate of drug-likeness (QED) is 0.322. The number of carbonyl (C=O) groups excluding carboxylic acids is 1. The van der Waals surface area contributed by atoms with E-state index in [-0.39, 0.29) is 23.8 Å². The Morgan fingerprint density at radius 3 is 2.66 bits per heavy atom. The molecule has 162 valence electrons. The van der Waals surface area contributed by atoms with Gasteiger partial charge >= 0.3 is 5.69 Å². The van der Waals surface area contributed by atoms with Crippen molar-refractivity contribution in [2.75, 3.05) is 5.32 Å². The molecule has 1 N–H and O–H groups in total. The highest BCUT2D eigenvalue weighted by molar-refractivity contribution is 6.01. The number of benzene rings is 2. The van der Waals surface area contributed by atoms with Crippen LogP contribution >= 0.6 is 0 Å². The highest BCUT2D eigenvalue weighted by Crippen LogP contribution is 2.27. The minimum Gasteiger partial charge on any atom is -0.479 e. The van der Waals surface area contributed by atoms with Crippen molar-refractivity contribution in [3.63, 3.8) is 0 Å². The highest BCUT2D eigenvalue weighted by atomic mass is 16.6. The molecule has 0 fully saturated rings. The summed E-state index contributed by atoms with van der Waals surface area (Å²) in [6, 6.07) is 20.8. The lowest BCUT2D eigenvalue weighted by atomic mass is 10.2. The van der Waals surface area contributed by atoms with E-state index in [1.165, 1.54) is 18.2 Å². The molecule has 0 radical (unpaired) electrons. The van der Waals surface area contributed by atoms with Crippen molar-refractivity contribution >= 4 is 17.4 Å². The Kier molecular flexibility index (Phi) is 5.98. The van der Waals surface area contributed by atoms with Crippen LogP contribution in [-0.4, -0.2) is 20.6 Å². The Morgan fingerprint density at radius 2 is 1.88 bits per heavy atom. The maximum atomic E-state index is 12.5. The number of aryl methyl sites for hydroxylation is 1. The zero-order chi connectivity index (χ0) is 22.5. The SMILES string of the molecule is Cc1cc(NC(=O)c2ccc(COc3ccccc3[N+](=O)[O-])o2)nn1Cc1ccccc1. The predicted molar refractivity (Wildman–Crippen MR) is 117 cm³/mol. The van der Waals surface area contributed by atoms with Crippen molar-refractivity contribution in [3.8, 4) is 5.75 Å². The number of anilines is 1. The molecule has 0 unspecified atom stereocenters. The summed E-state index contributed by atoms with van der Waals surface area (Å²) in [5.41, 5.74) is 1.87. The largest absolute Gasteiger partial charge is 0.479 e. The molecule has 4 rings (SSSR count). The van der Waals surface area contributed by atoms with Crippen LogP contribution in [0.3, 0.4) is 0 Å². The van der Waals surface area contributed by atoms with Gasteiger partial charge in [0.2, 0.25) is 0 Å². The third-order valence-electron chi connectivity index (χ3n) is 4.72. The third-order valence-corrected chi connectivity index (χ3v) is 4.72. The molecule has 9 heteroatoms. The average Bonchev–Trinajstić information content (AvgIpc) is 3.40.